The smallest absolute Gasteiger partial charge is 0.241 e. The van der Waals surface area contributed by atoms with Gasteiger partial charge in [0.2, 0.25) is 5.91 Å². The van der Waals surface area contributed by atoms with Crippen LogP contribution < -0.4 is 19.7 Å². The summed E-state index contributed by atoms with van der Waals surface area (Å²) in [4.78, 5) is 14.6. The van der Waals surface area contributed by atoms with Crippen molar-refractivity contribution in [2.24, 2.45) is 0 Å². The Morgan fingerprint density at radius 2 is 1.70 bits per heavy atom. The van der Waals surface area contributed by atoms with Crippen LogP contribution in [0.1, 0.15) is 23.1 Å². The van der Waals surface area contributed by atoms with Gasteiger partial charge >= 0.3 is 0 Å². The summed E-state index contributed by atoms with van der Waals surface area (Å²) in [5, 5.41) is 3.20. The fraction of sp³-hybridized carbons (Fsp3) is 0.367. The molecule has 3 aromatic carbocycles. The summed E-state index contributed by atoms with van der Waals surface area (Å²) in [5.74, 6) is 1.64. The second-order valence-electron chi connectivity index (χ2n) is 9.11. The lowest BCUT2D eigenvalue weighted by atomic mass is 10.1. The number of benzene rings is 3. The summed E-state index contributed by atoms with van der Waals surface area (Å²) >= 11 is 0. The number of ether oxygens (including phenoxy) is 4. The molecule has 0 radical (unpaired) electrons. The first-order chi connectivity index (χ1) is 18.1. The van der Waals surface area contributed by atoms with Crippen LogP contribution in [0.15, 0.2) is 72.8 Å². The number of anilines is 1. The summed E-state index contributed by atoms with van der Waals surface area (Å²) in [7, 11) is 1.66. The minimum atomic E-state index is -0.0705. The van der Waals surface area contributed by atoms with Gasteiger partial charge < -0.3 is 29.2 Å². The molecule has 4 rings (SSSR count). The summed E-state index contributed by atoms with van der Waals surface area (Å²) in [6, 6.07) is 23.8. The fourth-order valence-corrected chi connectivity index (χ4v) is 4.27. The van der Waals surface area contributed by atoms with Crippen LogP contribution in [0.2, 0.25) is 0 Å². The molecule has 1 saturated heterocycles. The molecule has 37 heavy (non-hydrogen) atoms. The number of methoxy groups -OCH3 is 1. The van der Waals surface area contributed by atoms with E-state index in [-0.39, 0.29) is 11.9 Å². The van der Waals surface area contributed by atoms with Gasteiger partial charge in [0.05, 0.1) is 52.7 Å². The molecule has 1 atom stereocenters. The topological polar surface area (TPSA) is 69.3 Å². The molecule has 1 heterocycles. The maximum atomic E-state index is 12.7. The van der Waals surface area contributed by atoms with Crippen LogP contribution in [-0.4, -0.2) is 52.0 Å². The Bertz CT molecular complexity index is 1120. The van der Waals surface area contributed by atoms with Gasteiger partial charge in [-0.1, -0.05) is 48.0 Å². The zero-order valence-corrected chi connectivity index (χ0v) is 21.7. The SMILES string of the molecule is COc1ccccc1COCCCOc1ccc(N2C(=O)CNC[C@@H]2COCc2ccc(C)cc2)cc1. The molecule has 0 spiro atoms. The molecule has 7 nitrogen and oxygen atoms in total. The van der Waals surface area contributed by atoms with E-state index in [1.54, 1.807) is 7.11 Å². The molecule has 1 aliphatic rings. The van der Waals surface area contributed by atoms with Gasteiger partial charge in [-0.3, -0.25) is 4.79 Å². The summed E-state index contributed by atoms with van der Waals surface area (Å²) < 4.78 is 23.0. The first-order valence-corrected chi connectivity index (χ1v) is 12.7. The van der Waals surface area contributed by atoms with Gasteiger partial charge in [-0.2, -0.15) is 0 Å². The summed E-state index contributed by atoms with van der Waals surface area (Å²) in [6.45, 7) is 5.70. The fourth-order valence-electron chi connectivity index (χ4n) is 4.27. The van der Waals surface area contributed by atoms with Gasteiger partial charge in [0, 0.05) is 24.2 Å². The summed E-state index contributed by atoms with van der Waals surface area (Å²) in [6.07, 6.45) is 0.771. The van der Waals surface area contributed by atoms with Crippen LogP contribution in [0, 0.1) is 6.92 Å². The van der Waals surface area contributed by atoms with Crippen LogP contribution in [0.4, 0.5) is 5.69 Å². The number of amides is 1. The second-order valence-corrected chi connectivity index (χ2v) is 9.11. The van der Waals surface area contributed by atoms with E-state index >= 15 is 0 Å². The van der Waals surface area contributed by atoms with Crippen LogP contribution >= 0.6 is 0 Å². The minimum Gasteiger partial charge on any atom is -0.496 e. The molecule has 3 aromatic rings. The van der Waals surface area contributed by atoms with Crippen molar-refractivity contribution in [3.63, 3.8) is 0 Å². The minimum absolute atomic E-state index is 0.0380. The Kier molecular flexibility index (Phi) is 9.94. The molecule has 196 valence electrons. The molecule has 1 aliphatic heterocycles. The number of carbonyl (C=O) groups excluding carboxylic acids is 1. The van der Waals surface area contributed by atoms with Gasteiger partial charge in [-0.25, -0.2) is 0 Å². The van der Waals surface area contributed by atoms with E-state index < -0.39 is 0 Å². The van der Waals surface area contributed by atoms with E-state index in [1.807, 2.05) is 53.4 Å². The monoisotopic (exact) mass is 504 g/mol. The number of carbonyl (C=O) groups is 1. The highest BCUT2D eigenvalue weighted by molar-refractivity contribution is 5.96. The Hall–Kier alpha value is -3.39. The third-order valence-electron chi connectivity index (χ3n) is 6.26. The highest BCUT2D eigenvalue weighted by Crippen LogP contribution is 2.23. The van der Waals surface area contributed by atoms with E-state index in [1.165, 1.54) is 5.56 Å². The van der Waals surface area contributed by atoms with Gasteiger partial charge in [0.1, 0.15) is 11.5 Å². The Balaban J connectivity index is 1.22. The highest BCUT2D eigenvalue weighted by Gasteiger charge is 2.29. The number of rotatable bonds is 13. The molecule has 1 amide bonds. The molecule has 1 fully saturated rings. The number of hydrogen-bond donors (Lipinski definition) is 1. The standard InChI is InChI=1S/C30H36N2O5/c1-23-8-10-24(11-9-23)20-36-22-27-18-31-19-30(33)32(27)26-12-14-28(15-13-26)37-17-5-16-35-21-25-6-3-4-7-29(25)34-2/h3-4,6-15,27,31H,5,16-22H2,1-2H3/t27-/m1/s1. The molecule has 7 heteroatoms. The maximum absolute atomic E-state index is 12.7. The molecule has 0 aliphatic carbocycles. The first-order valence-electron chi connectivity index (χ1n) is 12.7. The van der Waals surface area contributed by atoms with Crippen molar-refractivity contribution in [1.29, 1.82) is 0 Å². The predicted octanol–water partition coefficient (Wildman–Crippen LogP) is 4.51. The van der Waals surface area contributed by atoms with E-state index in [0.717, 1.165) is 34.7 Å². The predicted molar refractivity (Wildman–Crippen MR) is 144 cm³/mol. The van der Waals surface area contributed by atoms with E-state index in [2.05, 4.69) is 36.5 Å². The molecule has 0 unspecified atom stereocenters. The van der Waals surface area contributed by atoms with E-state index in [0.29, 0.717) is 46.1 Å². The molecule has 0 bridgehead atoms. The van der Waals surface area contributed by atoms with Crippen molar-refractivity contribution in [2.75, 3.05) is 44.9 Å². The van der Waals surface area contributed by atoms with Crippen molar-refractivity contribution in [2.45, 2.75) is 32.6 Å². The van der Waals surface area contributed by atoms with Crippen molar-refractivity contribution in [1.82, 2.24) is 5.32 Å². The van der Waals surface area contributed by atoms with Gasteiger partial charge in [-0.05, 0) is 42.8 Å². The lowest BCUT2D eigenvalue weighted by molar-refractivity contribution is -0.119. The molecule has 0 saturated carbocycles. The first kappa shape index (κ1) is 26.7. The van der Waals surface area contributed by atoms with Crippen molar-refractivity contribution >= 4 is 11.6 Å². The lowest BCUT2D eigenvalue weighted by Crippen LogP contribution is -2.57. The summed E-state index contributed by atoms with van der Waals surface area (Å²) in [5.41, 5.74) is 4.23. The Morgan fingerprint density at radius 1 is 0.919 bits per heavy atom. The second kappa shape index (κ2) is 13.8. The zero-order valence-electron chi connectivity index (χ0n) is 21.7. The normalized spacial score (nSPS) is 15.6. The van der Waals surface area contributed by atoms with E-state index in [9.17, 15) is 4.79 Å². The molecular weight excluding hydrogens is 468 g/mol. The number of nitrogens with one attached hydrogen (secondary N) is 1. The van der Waals surface area contributed by atoms with Crippen LogP contribution in [-0.2, 0) is 27.5 Å². The third kappa shape index (κ3) is 7.79. The van der Waals surface area contributed by atoms with Gasteiger partial charge in [-0.15, -0.1) is 0 Å². The molecule has 0 aromatic heterocycles. The van der Waals surface area contributed by atoms with E-state index in [4.69, 9.17) is 18.9 Å². The lowest BCUT2D eigenvalue weighted by Gasteiger charge is -2.36. The highest BCUT2D eigenvalue weighted by atomic mass is 16.5. The van der Waals surface area contributed by atoms with Crippen LogP contribution in [0.5, 0.6) is 11.5 Å². The molecule has 1 N–H and O–H groups in total. The van der Waals surface area contributed by atoms with Crippen molar-refractivity contribution in [3.8, 4) is 11.5 Å². The Morgan fingerprint density at radius 3 is 2.49 bits per heavy atom. The third-order valence-corrected chi connectivity index (χ3v) is 6.26. The number of para-hydroxylation sites is 1. The largest absolute Gasteiger partial charge is 0.496 e. The number of piperazine rings is 1. The van der Waals surface area contributed by atoms with Gasteiger partial charge in [0.25, 0.3) is 0 Å². The number of aryl methyl sites for hydroxylation is 1. The number of nitrogens with zero attached hydrogens (tertiary/aromatic N) is 1. The maximum Gasteiger partial charge on any atom is 0.241 e. The zero-order chi connectivity index (χ0) is 25.9. The average Bonchev–Trinajstić information content (AvgIpc) is 2.92. The van der Waals surface area contributed by atoms with Crippen molar-refractivity contribution in [3.05, 3.63) is 89.5 Å². The van der Waals surface area contributed by atoms with Gasteiger partial charge in [0.15, 0.2) is 0 Å². The van der Waals surface area contributed by atoms with Crippen LogP contribution in [0.3, 0.4) is 0 Å². The average molecular weight is 505 g/mol. The van der Waals surface area contributed by atoms with Crippen molar-refractivity contribution < 1.29 is 23.7 Å². The number of hydrogen-bond acceptors (Lipinski definition) is 6. The molecular formula is C30H36N2O5. The quantitative estimate of drug-likeness (QED) is 0.346. The van der Waals surface area contributed by atoms with Crippen LogP contribution in [0.25, 0.3) is 0 Å². The Labute approximate surface area is 219 Å².